The van der Waals surface area contributed by atoms with Crippen molar-refractivity contribution in [1.82, 2.24) is 4.90 Å². The summed E-state index contributed by atoms with van der Waals surface area (Å²) in [5.74, 6) is -0.905. The molecule has 1 aromatic carbocycles. The fourth-order valence-corrected chi connectivity index (χ4v) is 1.60. The summed E-state index contributed by atoms with van der Waals surface area (Å²) in [6.45, 7) is 2.63. The SMILES string of the molecule is CCN(C(=O)N(C)CCC(=O)O)c1ccccc1. The van der Waals surface area contributed by atoms with Gasteiger partial charge < -0.3 is 10.0 Å². The van der Waals surface area contributed by atoms with Crippen molar-refractivity contribution in [2.75, 3.05) is 25.0 Å². The maximum atomic E-state index is 12.1. The highest BCUT2D eigenvalue weighted by molar-refractivity contribution is 5.91. The van der Waals surface area contributed by atoms with Gasteiger partial charge in [-0.3, -0.25) is 9.69 Å². The Bertz CT molecular complexity index is 406. The first-order chi connectivity index (χ1) is 8.56. The number of hydrogen-bond acceptors (Lipinski definition) is 2. The number of benzene rings is 1. The van der Waals surface area contributed by atoms with Crippen LogP contribution in [0.4, 0.5) is 10.5 Å². The molecule has 18 heavy (non-hydrogen) atoms. The Morgan fingerprint density at radius 3 is 2.33 bits per heavy atom. The number of urea groups is 1. The predicted octanol–water partition coefficient (Wildman–Crippen LogP) is 2.04. The zero-order valence-corrected chi connectivity index (χ0v) is 10.7. The minimum absolute atomic E-state index is 0.0470. The monoisotopic (exact) mass is 250 g/mol. The number of rotatable bonds is 5. The van der Waals surface area contributed by atoms with E-state index in [0.717, 1.165) is 5.69 Å². The van der Waals surface area contributed by atoms with Crippen LogP contribution >= 0.6 is 0 Å². The molecule has 0 heterocycles. The smallest absolute Gasteiger partial charge is 0.324 e. The summed E-state index contributed by atoms with van der Waals surface area (Å²) in [6.07, 6.45) is -0.0470. The topological polar surface area (TPSA) is 60.9 Å². The third kappa shape index (κ3) is 3.76. The minimum atomic E-state index is -0.905. The highest BCUT2D eigenvalue weighted by Crippen LogP contribution is 2.14. The number of aliphatic carboxylic acids is 1. The van der Waals surface area contributed by atoms with Crippen LogP contribution in [0, 0.1) is 0 Å². The van der Waals surface area contributed by atoms with Crippen molar-refractivity contribution in [3.8, 4) is 0 Å². The zero-order valence-electron chi connectivity index (χ0n) is 10.7. The number of carboxylic acid groups (broad SMARTS) is 1. The Hall–Kier alpha value is -2.04. The van der Waals surface area contributed by atoms with Crippen molar-refractivity contribution < 1.29 is 14.7 Å². The molecule has 1 N–H and O–H groups in total. The first kappa shape index (κ1) is 14.0. The second-order valence-corrected chi connectivity index (χ2v) is 3.93. The largest absolute Gasteiger partial charge is 0.481 e. The highest BCUT2D eigenvalue weighted by Gasteiger charge is 2.18. The number of anilines is 1. The van der Waals surface area contributed by atoms with E-state index in [4.69, 9.17) is 5.11 Å². The number of carboxylic acids is 1. The van der Waals surface area contributed by atoms with Gasteiger partial charge in [-0.25, -0.2) is 4.79 Å². The van der Waals surface area contributed by atoms with Crippen LogP contribution in [0.15, 0.2) is 30.3 Å². The molecule has 2 amide bonds. The van der Waals surface area contributed by atoms with Crippen molar-refractivity contribution in [2.45, 2.75) is 13.3 Å². The van der Waals surface area contributed by atoms with Gasteiger partial charge in [-0.1, -0.05) is 18.2 Å². The van der Waals surface area contributed by atoms with E-state index in [-0.39, 0.29) is 19.0 Å². The van der Waals surface area contributed by atoms with Crippen LogP contribution in [-0.2, 0) is 4.79 Å². The number of hydrogen-bond donors (Lipinski definition) is 1. The van der Waals surface area contributed by atoms with Crippen LogP contribution in [0.25, 0.3) is 0 Å². The molecule has 0 aliphatic rings. The Balaban J connectivity index is 2.71. The average molecular weight is 250 g/mol. The van der Waals surface area contributed by atoms with Crippen molar-refractivity contribution >= 4 is 17.7 Å². The molecule has 0 unspecified atom stereocenters. The van der Waals surface area contributed by atoms with E-state index in [1.165, 1.54) is 4.90 Å². The van der Waals surface area contributed by atoms with Crippen LogP contribution < -0.4 is 4.90 Å². The number of para-hydroxylation sites is 1. The molecule has 0 aromatic heterocycles. The first-order valence-corrected chi connectivity index (χ1v) is 5.85. The van der Waals surface area contributed by atoms with Gasteiger partial charge in [0.15, 0.2) is 0 Å². The van der Waals surface area contributed by atoms with E-state index in [2.05, 4.69) is 0 Å². The molecule has 0 aliphatic heterocycles. The Labute approximate surface area is 107 Å². The Morgan fingerprint density at radius 1 is 1.22 bits per heavy atom. The molecule has 0 aliphatic carbocycles. The molecule has 1 rings (SSSR count). The number of carbonyl (C=O) groups excluding carboxylic acids is 1. The summed E-state index contributed by atoms with van der Waals surface area (Å²) in [4.78, 5) is 25.7. The summed E-state index contributed by atoms with van der Waals surface area (Å²) >= 11 is 0. The lowest BCUT2D eigenvalue weighted by Gasteiger charge is -2.27. The molecule has 5 nitrogen and oxygen atoms in total. The van der Waals surface area contributed by atoms with Gasteiger partial charge in [0, 0.05) is 25.8 Å². The van der Waals surface area contributed by atoms with E-state index in [9.17, 15) is 9.59 Å². The van der Waals surface area contributed by atoms with E-state index in [0.29, 0.717) is 6.54 Å². The second-order valence-electron chi connectivity index (χ2n) is 3.93. The van der Waals surface area contributed by atoms with Gasteiger partial charge in [0.05, 0.1) is 6.42 Å². The van der Waals surface area contributed by atoms with E-state index >= 15 is 0 Å². The van der Waals surface area contributed by atoms with Gasteiger partial charge in [0.1, 0.15) is 0 Å². The standard InChI is InChI=1S/C13H18N2O3/c1-3-15(11-7-5-4-6-8-11)13(18)14(2)10-9-12(16)17/h4-8H,3,9-10H2,1-2H3,(H,16,17). The van der Waals surface area contributed by atoms with Crippen LogP contribution in [0.1, 0.15) is 13.3 Å². The Morgan fingerprint density at radius 2 is 1.83 bits per heavy atom. The summed E-state index contributed by atoms with van der Waals surface area (Å²) in [7, 11) is 1.61. The van der Waals surface area contributed by atoms with Gasteiger partial charge in [-0.15, -0.1) is 0 Å². The lowest BCUT2D eigenvalue weighted by atomic mass is 10.3. The number of carbonyl (C=O) groups is 2. The molecular weight excluding hydrogens is 232 g/mol. The normalized spacial score (nSPS) is 9.89. The molecule has 0 fully saturated rings. The lowest BCUT2D eigenvalue weighted by Crippen LogP contribution is -2.42. The zero-order chi connectivity index (χ0) is 13.5. The van der Waals surface area contributed by atoms with Crippen LogP contribution in [0.2, 0.25) is 0 Å². The number of nitrogens with zero attached hydrogens (tertiary/aromatic N) is 2. The van der Waals surface area contributed by atoms with E-state index < -0.39 is 5.97 Å². The molecule has 0 saturated heterocycles. The summed E-state index contributed by atoms with van der Waals surface area (Å²) in [5, 5.41) is 8.61. The second kappa shape index (κ2) is 6.64. The maximum absolute atomic E-state index is 12.1. The molecule has 1 aromatic rings. The highest BCUT2D eigenvalue weighted by atomic mass is 16.4. The summed E-state index contributed by atoms with van der Waals surface area (Å²) in [6, 6.07) is 9.13. The van der Waals surface area contributed by atoms with Crippen molar-refractivity contribution in [1.29, 1.82) is 0 Å². The Kier molecular flexibility index (Phi) is 5.17. The van der Waals surface area contributed by atoms with Crippen LogP contribution in [0.5, 0.6) is 0 Å². The maximum Gasteiger partial charge on any atom is 0.324 e. The van der Waals surface area contributed by atoms with Crippen molar-refractivity contribution in [3.05, 3.63) is 30.3 Å². The molecule has 98 valence electrons. The fourth-order valence-electron chi connectivity index (χ4n) is 1.60. The fraction of sp³-hybridized carbons (Fsp3) is 0.385. The van der Waals surface area contributed by atoms with Gasteiger partial charge in [-0.2, -0.15) is 0 Å². The van der Waals surface area contributed by atoms with Crippen molar-refractivity contribution in [3.63, 3.8) is 0 Å². The summed E-state index contributed by atoms with van der Waals surface area (Å²) < 4.78 is 0. The van der Waals surface area contributed by atoms with Crippen molar-refractivity contribution in [2.24, 2.45) is 0 Å². The molecule has 0 spiro atoms. The molecule has 5 heteroatoms. The first-order valence-electron chi connectivity index (χ1n) is 5.85. The molecule has 0 radical (unpaired) electrons. The summed E-state index contributed by atoms with van der Waals surface area (Å²) in [5.41, 5.74) is 0.812. The molecule has 0 atom stereocenters. The van der Waals surface area contributed by atoms with Crippen LogP contribution in [-0.4, -0.2) is 42.1 Å². The molecular formula is C13H18N2O3. The average Bonchev–Trinajstić information content (AvgIpc) is 2.38. The van der Waals surface area contributed by atoms with Crippen LogP contribution in [0.3, 0.4) is 0 Å². The van der Waals surface area contributed by atoms with Gasteiger partial charge in [0.25, 0.3) is 0 Å². The van der Waals surface area contributed by atoms with E-state index in [1.807, 2.05) is 37.3 Å². The third-order valence-electron chi connectivity index (χ3n) is 2.60. The predicted molar refractivity (Wildman–Crippen MR) is 69.7 cm³/mol. The van der Waals surface area contributed by atoms with Gasteiger partial charge in [0.2, 0.25) is 0 Å². The van der Waals surface area contributed by atoms with Gasteiger partial charge >= 0.3 is 12.0 Å². The third-order valence-corrected chi connectivity index (χ3v) is 2.60. The minimum Gasteiger partial charge on any atom is -0.481 e. The number of amides is 2. The quantitative estimate of drug-likeness (QED) is 0.869. The van der Waals surface area contributed by atoms with E-state index in [1.54, 1.807) is 11.9 Å². The molecule has 0 saturated carbocycles. The molecule has 0 bridgehead atoms. The lowest BCUT2D eigenvalue weighted by molar-refractivity contribution is -0.137. The van der Waals surface area contributed by atoms with Gasteiger partial charge in [-0.05, 0) is 19.1 Å².